The molecule has 0 atom stereocenters. The smallest absolute Gasteiger partial charge is 0.338 e. The number of aryl methyl sites for hydroxylation is 1. The van der Waals surface area contributed by atoms with Crippen molar-refractivity contribution in [3.8, 4) is 11.3 Å². The highest BCUT2D eigenvalue weighted by Gasteiger charge is 2.19. The fraction of sp³-hybridized carbons (Fsp3) is 0.278. The molecular formula is C18H23N3O6. The molecule has 0 radical (unpaired) electrons. The van der Waals surface area contributed by atoms with Crippen molar-refractivity contribution in [2.45, 2.75) is 33.3 Å². The van der Waals surface area contributed by atoms with E-state index in [0.29, 0.717) is 16.8 Å². The van der Waals surface area contributed by atoms with Crippen LogP contribution in [0.1, 0.15) is 36.7 Å². The molecule has 0 aliphatic rings. The van der Waals surface area contributed by atoms with Crippen molar-refractivity contribution in [3.05, 3.63) is 58.9 Å². The molecule has 0 unspecified atom stereocenters. The van der Waals surface area contributed by atoms with Gasteiger partial charge in [0.15, 0.2) is 6.20 Å². The van der Waals surface area contributed by atoms with Gasteiger partial charge < -0.3 is 15.7 Å². The van der Waals surface area contributed by atoms with Gasteiger partial charge in [-0.2, -0.15) is 10.2 Å². The molecule has 9 heteroatoms. The fourth-order valence-corrected chi connectivity index (χ4v) is 2.12. The van der Waals surface area contributed by atoms with E-state index in [0.717, 1.165) is 10.3 Å². The van der Waals surface area contributed by atoms with Crippen LogP contribution in [0, 0.1) is 12.1 Å². The molecule has 0 saturated heterocycles. The molecule has 0 saturated carbocycles. The number of hydroxylamine groups is 1. The summed E-state index contributed by atoms with van der Waals surface area (Å²) in [6.07, 6.45) is 1.45. The second-order valence-electron chi connectivity index (χ2n) is 6.51. The second-order valence-corrected chi connectivity index (χ2v) is 6.51. The first-order valence-electron chi connectivity index (χ1n) is 7.93. The number of nitrogens with two attached hydrogens (primary N) is 1. The van der Waals surface area contributed by atoms with E-state index in [-0.39, 0.29) is 0 Å². The Labute approximate surface area is 156 Å². The Balaban J connectivity index is 0.000000527. The van der Waals surface area contributed by atoms with Gasteiger partial charge in [-0.15, -0.1) is 4.99 Å². The lowest BCUT2D eigenvalue weighted by atomic mass is 10.0. The molecule has 9 nitrogen and oxygen atoms in total. The van der Waals surface area contributed by atoms with Gasteiger partial charge in [-0.1, -0.05) is 6.07 Å². The van der Waals surface area contributed by atoms with Crippen LogP contribution in [0.2, 0.25) is 0 Å². The number of hydrogen-bond donors (Lipinski definition) is 3. The number of nitrogens with one attached hydrogen (secondary N) is 1. The molecule has 27 heavy (non-hydrogen) atoms. The molecule has 0 aliphatic carbocycles. The van der Waals surface area contributed by atoms with E-state index >= 15 is 0 Å². The third kappa shape index (κ3) is 7.30. The van der Waals surface area contributed by atoms with Gasteiger partial charge in [0.25, 0.3) is 0 Å². The van der Waals surface area contributed by atoms with Gasteiger partial charge in [0.2, 0.25) is 5.69 Å². The van der Waals surface area contributed by atoms with E-state index in [1.807, 2.05) is 39.8 Å². The minimum absolute atomic E-state index is 0.393. The molecule has 4 N–H and O–H groups in total. The Hall–Kier alpha value is -3.17. The van der Waals surface area contributed by atoms with Gasteiger partial charge in [0.05, 0.1) is 5.56 Å². The maximum atomic E-state index is 12.1. The molecule has 1 heterocycles. The van der Waals surface area contributed by atoms with E-state index in [2.05, 4.69) is 10.7 Å². The number of nitrogens with zero attached hydrogens (tertiary/aromatic N) is 1. The quantitative estimate of drug-likeness (QED) is 0.247. The standard InChI is InChI=1S/C17H19NO3.CH4N2O3/c1-12-7-6-10-18(20)15(12)13-8-5-9-14(11-13)16(19)21-17(2,3)4;2-1(4)3-6-5/h5-11H,1-4H3;5H,(H3,2,3,4). The molecule has 2 amide bonds. The van der Waals surface area contributed by atoms with Gasteiger partial charge in [0.1, 0.15) is 5.60 Å². The Kier molecular flexibility index (Phi) is 7.70. The summed E-state index contributed by atoms with van der Waals surface area (Å²) in [5.74, 6) is -0.393. The molecule has 0 aliphatic heterocycles. The lowest BCUT2D eigenvalue weighted by Crippen LogP contribution is -2.29. The highest BCUT2D eigenvalue weighted by molar-refractivity contribution is 5.91. The number of carbonyl (C=O) groups excluding carboxylic acids is 2. The topological polar surface area (TPSA) is 138 Å². The maximum Gasteiger partial charge on any atom is 0.338 e. The van der Waals surface area contributed by atoms with Crippen molar-refractivity contribution in [1.82, 2.24) is 5.48 Å². The Morgan fingerprint density at radius 2 is 1.89 bits per heavy atom. The van der Waals surface area contributed by atoms with Crippen molar-refractivity contribution in [1.29, 1.82) is 0 Å². The number of rotatable bonds is 3. The zero-order valence-corrected chi connectivity index (χ0v) is 15.6. The van der Waals surface area contributed by atoms with Gasteiger partial charge in [-0.3, -0.25) is 0 Å². The average molecular weight is 377 g/mol. The molecule has 146 valence electrons. The van der Waals surface area contributed by atoms with Crippen LogP contribution in [0.4, 0.5) is 4.79 Å². The number of hydrogen-bond acceptors (Lipinski definition) is 6. The molecule has 2 aromatic rings. The van der Waals surface area contributed by atoms with E-state index in [4.69, 9.17) is 9.99 Å². The van der Waals surface area contributed by atoms with E-state index < -0.39 is 17.6 Å². The van der Waals surface area contributed by atoms with Gasteiger partial charge in [-0.25, -0.2) is 14.8 Å². The number of urea groups is 1. The molecular weight excluding hydrogens is 354 g/mol. The largest absolute Gasteiger partial charge is 0.618 e. The lowest BCUT2D eigenvalue weighted by molar-refractivity contribution is -0.594. The molecule has 0 spiro atoms. The Bertz CT molecular complexity index is 782. The number of aromatic nitrogens is 1. The summed E-state index contributed by atoms with van der Waals surface area (Å²) in [6.45, 7) is 7.33. The first-order chi connectivity index (χ1) is 12.5. The van der Waals surface area contributed by atoms with Crippen LogP contribution in [0.25, 0.3) is 11.3 Å². The van der Waals surface area contributed by atoms with Crippen LogP contribution in [0.15, 0.2) is 42.6 Å². The van der Waals surface area contributed by atoms with Crippen LogP contribution in [-0.2, 0) is 9.73 Å². The number of benzene rings is 1. The highest BCUT2D eigenvalue weighted by atomic mass is 17.2. The van der Waals surface area contributed by atoms with Crippen molar-refractivity contribution in [2.75, 3.05) is 0 Å². The number of carbonyl (C=O) groups is 2. The summed E-state index contributed by atoms with van der Waals surface area (Å²) in [5, 5.41) is 19.3. The molecule has 0 fully saturated rings. The molecule has 0 bridgehead atoms. The zero-order chi connectivity index (χ0) is 20.6. The van der Waals surface area contributed by atoms with Crippen LogP contribution in [-0.4, -0.2) is 22.9 Å². The summed E-state index contributed by atoms with van der Waals surface area (Å²) in [4.78, 5) is 24.6. The van der Waals surface area contributed by atoms with Crippen molar-refractivity contribution in [3.63, 3.8) is 0 Å². The summed E-state index contributed by atoms with van der Waals surface area (Å²) >= 11 is 0. The van der Waals surface area contributed by atoms with Crippen LogP contribution >= 0.6 is 0 Å². The SMILES string of the molecule is Cc1ccc[n+]([O-])c1-c1cccc(C(=O)OC(C)(C)C)c1.NC(=O)NOO. The summed E-state index contributed by atoms with van der Waals surface area (Å²) < 4.78 is 6.16. The number of ether oxygens (including phenoxy) is 1. The number of amides is 2. The molecule has 1 aromatic carbocycles. The van der Waals surface area contributed by atoms with Gasteiger partial charge >= 0.3 is 12.0 Å². The zero-order valence-electron chi connectivity index (χ0n) is 15.6. The van der Waals surface area contributed by atoms with Crippen LogP contribution in [0.3, 0.4) is 0 Å². The number of primary amides is 1. The first-order valence-corrected chi connectivity index (χ1v) is 7.93. The molecule has 2 rings (SSSR count). The van der Waals surface area contributed by atoms with Gasteiger partial charge in [0, 0.05) is 17.2 Å². The van der Waals surface area contributed by atoms with E-state index in [1.54, 1.807) is 24.3 Å². The third-order valence-corrected chi connectivity index (χ3v) is 3.08. The van der Waals surface area contributed by atoms with Crippen molar-refractivity contribution >= 4 is 12.0 Å². The summed E-state index contributed by atoms with van der Waals surface area (Å²) in [5.41, 5.74) is 7.76. The summed E-state index contributed by atoms with van der Waals surface area (Å²) in [6, 6.07) is 9.56. The first kappa shape index (κ1) is 21.9. The summed E-state index contributed by atoms with van der Waals surface area (Å²) in [7, 11) is 0. The average Bonchev–Trinajstić information content (AvgIpc) is 2.54. The normalized spacial score (nSPS) is 10.4. The predicted molar refractivity (Wildman–Crippen MR) is 97.2 cm³/mol. The minimum atomic E-state index is -0.933. The van der Waals surface area contributed by atoms with Crippen LogP contribution in [0.5, 0.6) is 0 Å². The van der Waals surface area contributed by atoms with Crippen LogP contribution < -0.4 is 15.9 Å². The maximum absolute atomic E-state index is 12.1. The Morgan fingerprint density at radius 3 is 2.37 bits per heavy atom. The minimum Gasteiger partial charge on any atom is -0.618 e. The number of pyridine rings is 1. The second kappa shape index (κ2) is 9.51. The van der Waals surface area contributed by atoms with Gasteiger partial charge in [-0.05, 0) is 52.0 Å². The molecule has 1 aromatic heterocycles. The van der Waals surface area contributed by atoms with Crippen molar-refractivity contribution in [2.24, 2.45) is 5.73 Å². The van der Waals surface area contributed by atoms with E-state index in [9.17, 15) is 14.8 Å². The van der Waals surface area contributed by atoms with E-state index in [1.165, 1.54) is 11.7 Å². The lowest BCUT2D eigenvalue weighted by Gasteiger charge is -2.19. The highest BCUT2D eigenvalue weighted by Crippen LogP contribution is 2.21. The number of esters is 1. The predicted octanol–water partition coefficient (Wildman–Crippen LogP) is 2.31. The Morgan fingerprint density at radius 1 is 1.22 bits per heavy atom. The third-order valence-electron chi connectivity index (χ3n) is 3.08. The fourth-order valence-electron chi connectivity index (χ4n) is 2.12. The van der Waals surface area contributed by atoms with Crippen molar-refractivity contribution < 1.29 is 29.3 Å². The monoisotopic (exact) mass is 377 g/mol.